The molecule has 0 aromatic rings. The first-order chi connectivity index (χ1) is 11.4. The summed E-state index contributed by atoms with van der Waals surface area (Å²) in [5, 5.41) is 7.18. The molecular weight excluding hydrogens is 280 g/mol. The van der Waals surface area contributed by atoms with Crippen LogP contribution >= 0.6 is 0 Å². The van der Waals surface area contributed by atoms with E-state index in [-0.39, 0.29) is 0 Å². The highest BCUT2D eigenvalue weighted by atomic mass is 14.8. The van der Waals surface area contributed by atoms with Crippen LogP contribution in [-0.4, -0.2) is 26.2 Å². The molecule has 0 aliphatic heterocycles. The van der Waals surface area contributed by atoms with Gasteiger partial charge in [-0.25, -0.2) is 0 Å². The Morgan fingerprint density at radius 1 is 0.348 bits per heavy atom. The summed E-state index contributed by atoms with van der Waals surface area (Å²) in [6.45, 7) is 9.47. The van der Waals surface area contributed by atoms with Gasteiger partial charge in [0.15, 0.2) is 0 Å². The Hall–Kier alpha value is -0.0800. The molecule has 0 amide bonds. The minimum atomic E-state index is 1.23. The third kappa shape index (κ3) is 21.9. The van der Waals surface area contributed by atoms with Crippen molar-refractivity contribution in [3.05, 3.63) is 0 Å². The summed E-state index contributed by atoms with van der Waals surface area (Å²) in [5.74, 6) is 0. The molecule has 0 saturated heterocycles. The molecule has 23 heavy (non-hydrogen) atoms. The standard InChI is InChI=1S/C21H46N2/c1-3-5-7-10-14-18-22-20-16-12-9-13-17-21-23-19-15-11-8-6-4-2/h22-23H,3-21H2,1-2H3. The van der Waals surface area contributed by atoms with Gasteiger partial charge in [-0.15, -0.1) is 0 Å². The van der Waals surface area contributed by atoms with E-state index >= 15 is 0 Å². The molecule has 0 aliphatic rings. The summed E-state index contributed by atoms with van der Waals surface area (Å²) in [6, 6.07) is 0. The fraction of sp³-hybridized carbons (Fsp3) is 1.00. The summed E-state index contributed by atoms with van der Waals surface area (Å²) < 4.78 is 0. The van der Waals surface area contributed by atoms with Crippen molar-refractivity contribution in [2.45, 2.75) is 110 Å². The first kappa shape index (κ1) is 22.9. The Morgan fingerprint density at radius 3 is 0.913 bits per heavy atom. The molecule has 0 fully saturated rings. The average molecular weight is 327 g/mol. The lowest BCUT2D eigenvalue weighted by molar-refractivity contribution is 0.532. The molecule has 0 unspecified atom stereocenters. The molecule has 0 heterocycles. The molecular formula is C21H46N2. The summed E-state index contributed by atoms with van der Waals surface area (Å²) >= 11 is 0. The zero-order valence-corrected chi connectivity index (χ0v) is 16.4. The van der Waals surface area contributed by atoms with Gasteiger partial charge in [-0.2, -0.15) is 0 Å². The molecule has 0 spiro atoms. The largest absolute Gasteiger partial charge is 0.317 e. The molecule has 0 bridgehead atoms. The lowest BCUT2D eigenvalue weighted by Gasteiger charge is -2.06. The summed E-state index contributed by atoms with van der Waals surface area (Å²) in [4.78, 5) is 0. The smallest absolute Gasteiger partial charge is 0.00489 e. The Kier molecular flexibility index (Phi) is 21.8. The number of rotatable bonds is 20. The molecule has 140 valence electrons. The van der Waals surface area contributed by atoms with Gasteiger partial charge in [-0.3, -0.25) is 0 Å². The van der Waals surface area contributed by atoms with Crippen molar-refractivity contribution < 1.29 is 0 Å². The quantitative estimate of drug-likeness (QED) is 0.266. The predicted molar refractivity (Wildman–Crippen MR) is 106 cm³/mol. The highest BCUT2D eigenvalue weighted by Gasteiger charge is 1.93. The van der Waals surface area contributed by atoms with E-state index < -0.39 is 0 Å². The van der Waals surface area contributed by atoms with Gasteiger partial charge in [0.1, 0.15) is 0 Å². The fourth-order valence-corrected chi connectivity index (χ4v) is 2.99. The maximum atomic E-state index is 3.59. The fourth-order valence-electron chi connectivity index (χ4n) is 2.99. The van der Waals surface area contributed by atoms with Crippen LogP contribution in [0.5, 0.6) is 0 Å². The number of hydrogen-bond donors (Lipinski definition) is 2. The van der Waals surface area contributed by atoms with Crippen molar-refractivity contribution in [2.75, 3.05) is 26.2 Å². The van der Waals surface area contributed by atoms with E-state index in [1.54, 1.807) is 0 Å². The monoisotopic (exact) mass is 326 g/mol. The maximum Gasteiger partial charge on any atom is -0.00489 e. The van der Waals surface area contributed by atoms with Crippen molar-refractivity contribution >= 4 is 0 Å². The summed E-state index contributed by atoms with van der Waals surface area (Å²) in [5.41, 5.74) is 0. The van der Waals surface area contributed by atoms with Gasteiger partial charge in [0, 0.05) is 0 Å². The van der Waals surface area contributed by atoms with Crippen LogP contribution < -0.4 is 10.6 Å². The van der Waals surface area contributed by atoms with Crippen LogP contribution in [0.2, 0.25) is 0 Å². The molecule has 0 saturated carbocycles. The lowest BCUT2D eigenvalue weighted by Crippen LogP contribution is -2.17. The van der Waals surface area contributed by atoms with E-state index in [0.717, 1.165) is 0 Å². The molecule has 0 rings (SSSR count). The summed E-state index contributed by atoms with van der Waals surface area (Å²) in [6.07, 6.45) is 20.9. The Labute approximate surface area is 147 Å². The van der Waals surface area contributed by atoms with E-state index in [9.17, 15) is 0 Å². The first-order valence-electron chi connectivity index (χ1n) is 10.8. The minimum Gasteiger partial charge on any atom is -0.317 e. The third-order valence-electron chi connectivity index (χ3n) is 4.62. The maximum absolute atomic E-state index is 3.59. The van der Waals surface area contributed by atoms with Gasteiger partial charge in [-0.05, 0) is 51.9 Å². The molecule has 2 N–H and O–H groups in total. The molecule has 2 nitrogen and oxygen atoms in total. The van der Waals surface area contributed by atoms with E-state index in [4.69, 9.17) is 0 Å². The van der Waals surface area contributed by atoms with Crippen LogP contribution in [0.4, 0.5) is 0 Å². The molecule has 2 heteroatoms. The van der Waals surface area contributed by atoms with Gasteiger partial charge in [0.05, 0.1) is 0 Å². The molecule has 0 radical (unpaired) electrons. The second-order valence-corrected chi connectivity index (χ2v) is 7.10. The van der Waals surface area contributed by atoms with E-state index in [1.165, 1.54) is 122 Å². The number of unbranched alkanes of at least 4 members (excludes halogenated alkanes) is 12. The molecule has 0 aliphatic carbocycles. The van der Waals surface area contributed by atoms with Crippen LogP contribution in [0.25, 0.3) is 0 Å². The first-order valence-corrected chi connectivity index (χ1v) is 10.8. The second kappa shape index (κ2) is 21.9. The zero-order chi connectivity index (χ0) is 16.8. The van der Waals surface area contributed by atoms with Gasteiger partial charge in [-0.1, -0.05) is 84.5 Å². The SMILES string of the molecule is CCCCCCCNCCCCCCCNCCCCCCC. The Balaban J connectivity index is 2.92. The van der Waals surface area contributed by atoms with Crippen LogP contribution in [0.3, 0.4) is 0 Å². The molecule has 0 atom stereocenters. The van der Waals surface area contributed by atoms with Gasteiger partial charge < -0.3 is 10.6 Å². The number of nitrogens with one attached hydrogen (secondary N) is 2. The van der Waals surface area contributed by atoms with Crippen molar-refractivity contribution in [3.8, 4) is 0 Å². The van der Waals surface area contributed by atoms with Gasteiger partial charge in [0.25, 0.3) is 0 Å². The number of hydrogen-bond acceptors (Lipinski definition) is 2. The van der Waals surface area contributed by atoms with Gasteiger partial charge >= 0.3 is 0 Å². The lowest BCUT2D eigenvalue weighted by atomic mass is 10.1. The Morgan fingerprint density at radius 2 is 0.609 bits per heavy atom. The topological polar surface area (TPSA) is 24.1 Å². The second-order valence-electron chi connectivity index (χ2n) is 7.10. The van der Waals surface area contributed by atoms with Crippen LogP contribution in [0, 0.1) is 0 Å². The minimum absolute atomic E-state index is 1.23. The highest BCUT2D eigenvalue weighted by Crippen LogP contribution is 2.04. The van der Waals surface area contributed by atoms with Crippen molar-refractivity contribution in [3.63, 3.8) is 0 Å². The van der Waals surface area contributed by atoms with Crippen molar-refractivity contribution in [2.24, 2.45) is 0 Å². The molecule has 0 aromatic heterocycles. The predicted octanol–water partition coefficient (Wildman–Crippen LogP) is 6.06. The average Bonchev–Trinajstić information content (AvgIpc) is 2.57. The van der Waals surface area contributed by atoms with E-state index in [0.29, 0.717) is 0 Å². The van der Waals surface area contributed by atoms with E-state index in [1.807, 2.05) is 0 Å². The Bertz CT molecular complexity index is 174. The van der Waals surface area contributed by atoms with Crippen molar-refractivity contribution in [1.82, 2.24) is 10.6 Å². The normalized spacial score (nSPS) is 11.2. The van der Waals surface area contributed by atoms with Crippen LogP contribution in [0.15, 0.2) is 0 Å². The van der Waals surface area contributed by atoms with Crippen LogP contribution in [0.1, 0.15) is 110 Å². The third-order valence-corrected chi connectivity index (χ3v) is 4.62. The van der Waals surface area contributed by atoms with Crippen molar-refractivity contribution in [1.29, 1.82) is 0 Å². The zero-order valence-electron chi connectivity index (χ0n) is 16.4. The summed E-state index contributed by atoms with van der Waals surface area (Å²) in [7, 11) is 0. The van der Waals surface area contributed by atoms with Gasteiger partial charge in [0.2, 0.25) is 0 Å². The molecule has 0 aromatic carbocycles. The highest BCUT2D eigenvalue weighted by molar-refractivity contribution is 4.53. The van der Waals surface area contributed by atoms with E-state index in [2.05, 4.69) is 24.5 Å². The van der Waals surface area contributed by atoms with Crippen LogP contribution in [-0.2, 0) is 0 Å².